The fraction of sp³-hybridized carbons (Fsp3) is 0.588. The number of carbonyl (C=O) groups is 2. The summed E-state index contributed by atoms with van der Waals surface area (Å²) in [5.74, 6) is -1.76. The van der Waals surface area contributed by atoms with Crippen LogP contribution < -0.4 is 10.6 Å². The highest BCUT2D eigenvalue weighted by Gasteiger charge is 2.71. The van der Waals surface area contributed by atoms with Crippen LogP contribution in [-0.4, -0.2) is 52.1 Å². The van der Waals surface area contributed by atoms with Gasteiger partial charge in [-0.05, 0) is 87.2 Å². The number of benzene rings is 2. The van der Waals surface area contributed by atoms with Crippen LogP contribution in [0.3, 0.4) is 0 Å². The number of aliphatic carboxylic acids is 1. The molecular formula is C34H40Cl2FN3O3. The molecule has 3 atom stereocenters. The quantitative estimate of drug-likeness (QED) is 0.324. The molecular weight excluding hydrogens is 588 g/mol. The Morgan fingerprint density at radius 2 is 1.72 bits per heavy atom. The maximum atomic E-state index is 16.3. The molecule has 1 saturated heterocycles. The average molecular weight is 629 g/mol. The predicted molar refractivity (Wildman–Crippen MR) is 166 cm³/mol. The van der Waals surface area contributed by atoms with Gasteiger partial charge in [-0.25, -0.2) is 4.39 Å². The van der Waals surface area contributed by atoms with Crippen LogP contribution in [0, 0.1) is 11.2 Å². The number of carboxylic acids is 1. The lowest BCUT2D eigenvalue weighted by molar-refractivity contribution is -0.157. The van der Waals surface area contributed by atoms with E-state index in [0.29, 0.717) is 62.2 Å². The van der Waals surface area contributed by atoms with E-state index in [1.165, 1.54) is 0 Å². The molecule has 4 saturated carbocycles. The van der Waals surface area contributed by atoms with E-state index in [2.05, 4.69) is 28.5 Å². The van der Waals surface area contributed by atoms with Crippen molar-refractivity contribution in [2.45, 2.75) is 106 Å². The number of amides is 1. The number of nitrogens with one attached hydrogen (secondary N) is 2. The minimum absolute atomic E-state index is 0.0601. The van der Waals surface area contributed by atoms with Gasteiger partial charge in [-0.15, -0.1) is 0 Å². The van der Waals surface area contributed by atoms with Gasteiger partial charge < -0.3 is 15.7 Å². The molecule has 9 heteroatoms. The van der Waals surface area contributed by atoms with Crippen LogP contribution in [0.25, 0.3) is 0 Å². The van der Waals surface area contributed by atoms with E-state index in [1.807, 2.05) is 18.2 Å². The van der Waals surface area contributed by atoms with Gasteiger partial charge in [0.1, 0.15) is 5.82 Å². The van der Waals surface area contributed by atoms with Crippen LogP contribution in [0.15, 0.2) is 36.4 Å². The highest BCUT2D eigenvalue weighted by atomic mass is 35.5. The van der Waals surface area contributed by atoms with Gasteiger partial charge in [0.25, 0.3) is 0 Å². The first-order valence-electron chi connectivity index (χ1n) is 15.9. The molecule has 6 aliphatic rings. The summed E-state index contributed by atoms with van der Waals surface area (Å²) in [6.07, 6.45) is 8.73. The maximum Gasteiger partial charge on any atom is 0.309 e. The SMILES string of the molecule is CCN1[C@@H](C(=O)NC23CCC(C(=O)O)(CC2)CC3)[C@H](c2cccc(Cl)c2F)[C@]2(CNc3cc(Cl)ccc32)C12CCCCC2. The molecule has 2 spiro atoms. The van der Waals surface area contributed by atoms with Crippen molar-refractivity contribution in [1.82, 2.24) is 10.2 Å². The first-order valence-corrected chi connectivity index (χ1v) is 16.7. The largest absolute Gasteiger partial charge is 0.481 e. The predicted octanol–water partition coefficient (Wildman–Crippen LogP) is 7.28. The Morgan fingerprint density at radius 1 is 1.02 bits per heavy atom. The van der Waals surface area contributed by atoms with Gasteiger partial charge in [-0.3, -0.25) is 14.5 Å². The summed E-state index contributed by atoms with van der Waals surface area (Å²) >= 11 is 12.9. The Balaban J connectivity index is 1.39. The number of carboxylic acid groups (broad SMARTS) is 1. The van der Waals surface area contributed by atoms with Crippen LogP contribution in [0.5, 0.6) is 0 Å². The molecule has 6 nitrogen and oxygen atoms in total. The number of likely N-dealkylation sites (tertiary alicyclic amines) is 1. The van der Waals surface area contributed by atoms with E-state index in [-0.39, 0.29) is 16.5 Å². The Labute approximate surface area is 262 Å². The molecule has 2 aliphatic heterocycles. The van der Waals surface area contributed by atoms with Crippen molar-refractivity contribution >= 4 is 40.8 Å². The lowest BCUT2D eigenvalue weighted by Gasteiger charge is -2.52. The Hall–Kier alpha value is -2.35. The zero-order valence-corrected chi connectivity index (χ0v) is 26.2. The van der Waals surface area contributed by atoms with Crippen LogP contribution in [0.2, 0.25) is 10.0 Å². The first-order chi connectivity index (χ1) is 20.6. The lowest BCUT2D eigenvalue weighted by atomic mass is 9.55. The minimum Gasteiger partial charge on any atom is -0.481 e. The van der Waals surface area contributed by atoms with Crippen molar-refractivity contribution in [2.24, 2.45) is 5.41 Å². The Morgan fingerprint density at radius 3 is 2.37 bits per heavy atom. The molecule has 4 aliphatic carbocycles. The molecule has 3 N–H and O–H groups in total. The molecule has 1 amide bonds. The van der Waals surface area contributed by atoms with Crippen LogP contribution in [0.1, 0.15) is 94.6 Å². The number of anilines is 1. The van der Waals surface area contributed by atoms with E-state index >= 15 is 4.39 Å². The number of nitrogens with zero attached hydrogens (tertiary/aromatic N) is 1. The van der Waals surface area contributed by atoms with Crippen LogP contribution in [-0.2, 0) is 15.0 Å². The third-order valence-electron chi connectivity index (χ3n) is 12.3. The monoisotopic (exact) mass is 627 g/mol. The van der Waals surface area contributed by atoms with Gasteiger partial charge in [0, 0.05) is 39.7 Å². The van der Waals surface area contributed by atoms with Crippen molar-refractivity contribution in [3.05, 3.63) is 63.4 Å². The Bertz CT molecular complexity index is 1450. The van der Waals surface area contributed by atoms with E-state index in [1.54, 1.807) is 12.1 Å². The zero-order chi connectivity index (χ0) is 30.2. The average Bonchev–Trinajstić information content (AvgIpc) is 3.49. The summed E-state index contributed by atoms with van der Waals surface area (Å²) < 4.78 is 16.3. The van der Waals surface area contributed by atoms with Gasteiger partial charge in [0.05, 0.1) is 16.5 Å². The third-order valence-corrected chi connectivity index (χ3v) is 12.8. The summed E-state index contributed by atoms with van der Waals surface area (Å²) in [6, 6.07) is 10.5. The van der Waals surface area contributed by atoms with Crippen molar-refractivity contribution in [3.8, 4) is 0 Å². The van der Waals surface area contributed by atoms with Gasteiger partial charge >= 0.3 is 5.97 Å². The minimum atomic E-state index is -0.717. The van der Waals surface area contributed by atoms with E-state index < -0.39 is 40.1 Å². The van der Waals surface area contributed by atoms with Crippen molar-refractivity contribution in [2.75, 3.05) is 18.4 Å². The molecule has 2 aromatic rings. The van der Waals surface area contributed by atoms with Gasteiger partial charge in [-0.2, -0.15) is 0 Å². The smallest absolute Gasteiger partial charge is 0.309 e. The molecule has 2 heterocycles. The summed E-state index contributed by atoms with van der Waals surface area (Å²) in [7, 11) is 0. The van der Waals surface area contributed by atoms with Crippen LogP contribution >= 0.6 is 23.2 Å². The number of rotatable bonds is 5. The number of likely N-dealkylation sites (N-methyl/N-ethyl adjacent to an activating group) is 1. The van der Waals surface area contributed by atoms with Gasteiger partial charge in [0.15, 0.2) is 0 Å². The second-order valence-corrected chi connectivity index (χ2v) is 14.7. The molecule has 0 aromatic heterocycles. The second kappa shape index (κ2) is 10.3. The summed E-state index contributed by atoms with van der Waals surface area (Å²) in [5.41, 5.74) is 0.461. The maximum absolute atomic E-state index is 16.3. The molecule has 8 rings (SSSR count). The topological polar surface area (TPSA) is 81.7 Å². The number of hydrogen-bond donors (Lipinski definition) is 3. The molecule has 5 fully saturated rings. The number of halogens is 3. The molecule has 2 aromatic carbocycles. The van der Waals surface area contributed by atoms with Crippen molar-refractivity contribution < 1.29 is 19.1 Å². The van der Waals surface area contributed by atoms with Gasteiger partial charge in [0.2, 0.25) is 5.91 Å². The first kappa shape index (κ1) is 29.4. The third kappa shape index (κ3) is 4.06. The van der Waals surface area contributed by atoms with Crippen molar-refractivity contribution in [1.29, 1.82) is 0 Å². The standard InChI is InChI=1S/C34H40Cl2FN3O3/c1-2-40-28(29(41)39-32-16-13-31(14-17-32,15-18-32)30(42)43)26(22-7-6-8-24(36)27(22)37)34(33(40)11-4-3-5-12-33)20-38-25-19-21(35)9-10-23(25)34/h6-10,19,26,28,38H,2-5,11-18,20H2,1H3,(H,39,41)(H,42,43)/t26-,28+,31?,32?,34+/m0/s1. The fourth-order valence-electron chi connectivity index (χ4n) is 10.2. The highest BCUT2D eigenvalue weighted by molar-refractivity contribution is 6.31. The number of hydrogen-bond acceptors (Lipinski definition) is 4. The molecule has 43 heavy (non-hydrogen) atoms. The normalized spacial score (nSPS) is 34.3. The van der Waals surface area contributed by atoms with E-state index in [4.69, 9.17) is 23.2 Å². The van der Waals surface area contributed by atoms with E-state index in [0.717, 1.165) is 43.4 Å². The molecule has 2 bridgehead atoms. The number of fused-ring (bicyclic) bond motifs is 6. The van der Waals surface area contributed by atoms with Gasteiger partial charge in [-0.1, -0.05) is 67.6 Å². The molecule has 230 valence electrons. The lowest BCUT2D eigenvalue weighted by Crippen LogP contribution is -2.62. The summed E-state index contributed by atoms with van der Waals surface area (Å²) in [4.78, 5) is 29.4. The van der Waals surface area contributed by atoms with Crippen molar-refractivity contribution in [3.63, 3.8) is 0 Å². The second-order valence-electron chi connectivity index (χ2n) is 13.8. The fourth-order valence-corrected chi connectivity index (χ4v) is 10.6. The summed E-state index contributed by atoms with van der Waals surface area (Å²) in [6.45, 7) is 3.34. The Kier molecular flexibility index (Phi) is 7.07. The number of carbonyl (C=O) groups excluding carboxylic acids is 1. The van der Waals surface area contributed by atoms with E-state index in [9.17, 15) is 14.7 Å². The van der Waals surface area contributed by atoms with Crippen LogP contribution in [0.4, 0.5) is 10.1 Å². The summed E-state index contributed by atoms with van der Waals surface area (Å²) in [5, 5.41) is 17.8. The highest BCUT2D eigenvalue weighted by Crippen LogP contribution is 2.66. The zero-order valence-electron chi connectivity index (χ0n) is 24.7. The molecule has 0 unspecified atom stereocenters. The molecule has 0 radical (unpaired) electrons.